The largest absolute Gasteiger partial charge is 0.321 e. The van der Waals surface area contributed by atoms with Crippen LogP contribution in [0.5, 0.6) is 0 Å². The lowest BCUT2D eigenvalue weighted by atomic mass is 10.1. The number of aromatic nitrogens is 5. The molecule has 1 N–H and O–H groups in total. The monoisotopic (exact) mass is 434 g/mol. The minimum atomic E-state index is -0.283. The fourth-order valence-corrected chi connectivity index (χ4v) is 3.62. The number of amides is 1. The molecule has 7 nitrogen and oxygen atoms in total. The highest BCUT2D eigenvalue weighted by Gasteiger charge is 2.24. The van der Waals surface area contributed by atoms with Crippen LogP contribution in [0.15, 0.2) is 67.3 Å². The van der Waals surface area contributed by atoms with Gasteiger partial charge >= 0.3 is 0 Å². The average molecular weight is 435 g/mol. The van der Waals surface area contributed by atoms with Gasteiger partial charge in [-0.3, -0.25) is 14.8 Å². The van der Waals surface area contributed by atoms with E-state index in [0.717, 1.165) is 22.4 Å². The summed E-state index contributed by atoms with van der Waals surface area (Å²) < 4.78 is 1.87. The first kappa shape index (κ1) is 20.6. The molecule has 5 rings (SSSR count). The lowest BCUT2D eigenvalue weighted by Gasteiger charge is -2.09. The van der Waals surface area contributed by atoms with Crippen molar-refractivity contribution in [2.45, 2.75) is 32.2 Å². The van der Waals surface area contributed by atoms with Crippen LogP contribution in [0.2, 0.25) is 0 Å². The number of nitrogens with zero attached hydrogens (tertiary/aromatic N) is 5. The van der Waals surface area contributed by atoms with E-state index in [1.807, 2.05) is 41.1 Å². The molecule has 33 heavy (non-hydrogen) atoms. The molecule has 1 fully saturated rings. The second kappa shape index (κ2) is 9.05. The van der Waals surface area contributed by atoms with Gasteiger partial charge in [0, 0.05) is 40.8 Å². The van der Waals surface area contributed by atoms with Crippen molar-refractivity contribution in [2.75, 3.05) is 5.32 Å². The van der Waals surface area contributed by atoms with Gasteiger partial charge < -0.3 is 9.88 Å². The van der Waals surface area contributed by atoms with Crippen LogP contribution in [-0.2, 0) is 6.54 Å². The van der Waals surface area contributed by atoms with Crippen molar-refractivity contribution >= 4 is 11.6 Å². The lowest BCUT2D eigenvalue weighted by Crippen LogP contribution is -2.13. The molecular formula is C26H22N6O. The summed E-state index contributed by atoms with van der Waals surface area (Å²) in [6.45, 7) is 2.30. The Morgan fingerprint density at radius 2 is 2.00 bits per heavy atom. The van der Waals surface area contributed by atoms with E-state index in [9.17, 15) is 4.79 Å². The number of pyridine rings is 2. The summed E-state index contributed by atoms with van der Waals surface area (Å²) in [6, 6.07) is 15.3. The third-order valence-corrected chi connectivity index (χ3v) is 5.53. The van der Waals surface area contributed by atoms with Gasteiger partial charge in [-0.2, -0.15) is 0 Å². The zero-order chi connectivity index (χ0) is 22.6. The molecule has 0 radical (unpaired) electrons. The van der Waals surface area contributed by atoms with Crippen molar-refractivity contribution in [2.24, 2.45) is 0 Å². The van der Waals surface area contributed by atoms with E-state index in [4.69, 9.17) is 0 Å². The first-order chi connectivity index (χ1) is 16.2. The molecule has 0 saturated heterocycles. The maximum Gasteiger partial charge on any atom is 0.274 e. The van der Waals surface area contributed by atoms with Gasteiger partial charge in [-0.15, -0.1) is 16.1 Å². The highest BCUT2D eigenvalue weighted by atomic mass is 16.1. The summed E-state index contributed by atoms with van der Waals surface area (Å²) in [5.41, 5.74) is 4.84. The second-order valence-electron chi connectivity index (χ2n) is 7.92. The second-order valence-corrected chi connectivity index (χ2v) is 7.92. The summed E-state index contributed by atoms with van der Waals surface area (Å²) >= 11 is 0. The molecule has 1 amide bonds. The third kappa shape index (κ3) is 4.65. The molecule has 4 aromatic rings. The summed E-state index contributed by atoms with van der Waals surface area (Å²) in [5, 5.41) is 11.1. The van der Waals surface area contributed by atoms with E-state index in [0.29, 0.717) is 29.7 Å². The summed E-state index contributed by atoms with van der Waals surface area (Å²) in [7, 11) is 0. The third-order valence-electron chi connectivity index (χ3n) is 5.53. The minimum absolute atomic E-state index is 0.283. The SMILES string of the molecule is CC#CCn1cnnc1-c1cccc(NC(=O)c2cc(-c3ccc(C4CC4)nc3)ccn2)c1. The van der Waals surface area contributed by atoms with Gasteiger partial charge in [0.15, 0.2) is 5.82 Å². The van der Waals surface area contributed by atoms with Crippen LogP contribution in [-0.4, -0.2) is 30.6 Å². The number of carbonyl (C=O) groups is 1. The topological polar surface area (TPSA) is 85.6 Å². The Hall–Kier alpha value is -4.31. The Morgan fingerprint density at radius 1 is 1.09 bits per heavy atom. The Balaban J connectivity index is 1.34. The molecule has 1 saturated carbocycles. The quantitative estimate of drug-likeness (QED) is 0.450. The van der Waals surface area contributed by atoms with E-state index < -0.39 is 0 Å². The van der Waals surface area contributed by atoms with E-state index in [1.165, 1.54) is 12.8 Å². The lowest BCUT2D eigenvalue weighted by molar-refractivity contribution is 0.102. The maximum atomic E-state index is 12.9. The highest BCUT2D eigenvalue weighted by molar-refractivity contribution is 6.03. The van der Waals surface area contributed by atoms with E-state index in [1.54, 1.807) is 25.5 Å². The number of carbonyl (C=O) groups excluding carboxylic acids is 1. The van der Waals surface area contributed by atoms with E-state index >= 15 is 0 Å². The molecule has 7 heteroatoms. The number of hydrogen-bond donors (Lipinski definition) is 1. The molecule has 1 aromatic carbocycles. The van der Waals surface area contributed by atoms with Gasteiger partial charge in [0.05, 0.1) is 6.54 Å². The van der Waals surface area contributed by atoms with Gasteiger partial charge in [0.25, 0.3) is 5.91 Å². The fourth-order valence-electron chi connectivity index (χ4n) is 3.62. The normalized spacial score (nSPS) is 12.6. The molecule has 3 heterocycles. The summed E-state index contributed by atoms with van der Waals surface area (Å²) in [5.74, 6) is 6.90. The molecule has 0 unspecified atom stereocenters. The molecule has 0 bridgehead atoms. The van der Waals surface area contributed by atoms with Crippen molar-refractivity contribution in [3.63, 3.8) is 0 Å². The van der Waals surface area contributed by atoms with Gasteiger partial charge in [-0.25, -0.2) is 0 Å². The Morgan fingerprint density at radius 3 is 2.79 bits per heavy atom. The first-order valence-corrected chi connectivity index (χ1v) is 10.8. The van der Waals surface area contributed by atoms with Crippen molar-refractivity contribution in [3.8, 4) is 34.4 Å². The zero-order valence-corrected chi connectivity index (χ0v) is 18.2. The molecule has 1 aliphatic carbocycles. The fraction of sp³-hybridized carbons (Fsp3) is 0.192. The van der Waals surface area contributed by atoms with Crippen molar-refractivity contribution < 1.29 is 4.79 Å². The predicted molar refractivity (Wildman–Crippen MR) is 126 cm³/mol. The number of anilines is 1. The van der Waals surface area contributed by atoms with Gasteiger partial charge in [-0.1, -0.05) is 24.1 Å². The van der Waals surface area contributed by atoms with Gasteiger partial charge in [0.2, 0.25) is 0 Å². The predicted octanol–water partition coefficient (Wildman–Crippen LogP) is 4.56. The minimum Gasteiger partial charge on any atom is -0.321 e. The molecule has 0 aliphatic heterocycles. The van der Waals surface area contributed by atoms with Crippen molar-refractivity contribution in [1.82, 2.24) is 24.7 Å². The summed E-state index contributed by atoms with van der Waals surface area (Å²) in [4.78, 5) is 21.8. The first-order valence-electron chi connectivity index (χ1n) is 10.8. The Bertz CT molecular complexity index is 1360. The van der Waals surface area contributed by atoms with Crippen LogP contribution in [0.3, 0.4) is 0 Å². The van der Waals surface area contributed by atoms with Crippen LogP contribution in [0.1, 0.15) is 41.9 Å². The van der Waals surface area contributed by atoms with Crippen molar-refractivity contribution in [3.05, 3.63) is 78.6 Å². The van der Waals surface area contributed by atoms with Crippen molar-refractivity contribution in [1.29, 1.82) is 0 Å². The Kier molecular flexibility index (Phi) is 5.64. The zero-order valence-electron chi connectivity index (χ0n) is 18.2. The maximum absolute atomic E-state index is 12.9. The number of hydrogen-bond acceptors (Lipinski definition) is 5. The number of nitrogens with one attached hydrogen (secondary N) is 1. The van der Waals surface area contributed by atoms with Crippen LogP contribution in [0, 0.1) is 11.8 Å². The van der Waals surface area contributed by atoms with Crippen LogP contribution in [0.4, 0.5) is 5.69 Å². The van der Waals surface area contributed by atoms with Crippen LogP contribution >= 0.6 is 0 Å². The van der Waals surface area contributed by atoms with Gasteiger partial charge in [0.1, 0.15) is 12.0 Å². The molecular weight excluding hydrogens is 412 g/mol. The highest BCUT2D eigenvalue weighted by Crippen LogP contribution is 2.39. The molecule has 0 spiro atoms. The van der Waals surface area contributed by atoms with Crippen LogP contribution < -0.4 is 5.32 Å². The molecule has 3 aromatic heterocycles. The molecule has 162 valence electrons. The Labute approximate surface area is 191 Å². The van der Waals surface area contributed by atoms with E-state index in [-0.39, 0.29) is 5.91 Å². The van der Waals surface area contributed by atoms with Crippen LogP contribution in [0.25, 0.3) is 22.5 Å². The molecule has 0 atom stereocenters. The standard InChI is InChI=1S/C26H22N6O/c1-2-3-13-32-17-29-31-25(32)20-5-4-6-22(14-20)30-26(33)24-15-19(11-12-27-24)21-9-10-23(28-16-21)18-7-8-18/h4-6,9-12,14-18H,7-8,13H2,1H3,(H,30,33). The van der Waals surface area contributed by atoms with Gasteiger partial charge in [-0.05, 0) is 55.7 Å². The number of benzene rings is 1. The summed E-state index contributed by atoms with van der Waals surface area (Å²) in [6.07, 6.45) is 7.60. The smallest absolute Gasteiger partial charge is 0.274 e. The van der Waals surface area contributed by atoms with E-state index in [2.05, 4.69) is 49.5 Å². The number of rotatable bonds is 6. The molecule has 1 aliphatic rings. The average Bonchev–Trinajstić information content (AvgIpc) is 3.60.